The molecule has 1 atom stereocenters. The third-order valence-corrected chi connectivity index (χ3v) is 5.97. The second-order valence-electron chi connectivity index (χ2n) is 7.89. The number of nitrogens with zero attached hydrogens (tertiary/aromatic N) is 1. The first-order valence-corrected chi connectivity index (χ1v) is 11.2. The second kappa shape index (κ2) is 10.6. The average Bonchev–Trinajstić information content (AvgIpc) is 2.74. The van der Waals surface area contributed by atoms with E-state index >= 15 is 0 Å². The number of carbonyl (C=O) groups is 3. The smallest absolute Gasteiger partial charge is 0.308 e. The van der Waals surface area contributed by atoms with Crippen LogP contribution in [0.1, 0.15) is 26.7 Å². The Hall–Kier alpha value is -2.61. The van der Waals surface area contributed by atoms with E-state index in [1.165, 1.54) is 4.90 Å². The Morgan fingerprint density at radius 3 is 2.77 bits per heavy atom. The van der Waals surface area contributed by atoms with Crippen molar-refractivity contribution < 1.29 is 23.9 Å². The standard InChI is InChI=1S/C23H27BrN2O5/c1-15(2)9-12-30-21(28)13-18-23(29)25-10-11-26(18)20(27)14-31-19-8-7-16-5-3-4-6-17(16)22(19)24/h3-8,15,18H,9-14H2,1-2H3,(H,25,29). The zero-order valence-electron chi connectivity index (χ0n) is 17.7. The fourth-order valence-electron chi connectivity index (χ4n) is 3.39. The van der Waals surface area contributed by atoms with Crippen molar-refractivity contribution in [1.82, 2.24) is 10.2 Å². The van der Waals surface area contributed by atoms with Crippen LogP contribution in [0.5, 0.6) is 5.75 Å². The molecule has 1 unspecified atom stereocenters. The lowest BCUT2D eigenvalue weighted by Crippen LogP contribution is -2.58. The van der Waals surface area contributed by atoms with Crippen LogP contribution in [-0.2, 0) is 19.1 Å². The van der Waals surface area contributed by atoms with Gasteiger partial charge < -0.3 is 19.7 Å². The molecule has 166 valence electrons. The summed E-state index contributed by atoms with van der Waals surface area (Å²) >= 11 is 3.54. The monoisotopic (exact) mass is 490 g/mol. The van der Waals surface area contributed by atoms with Gasteiger partial charge in [-0.25, -0.2) is 0 Å². The highest BCUT2D eigenvalue weighted by molar-refractivity contribution is 9.10. The summed E-state index contributed by atoms with van der Waals surface area (Å²) in [6.07, 6.45) is 0.578. The molecule has 0 spiro atoms. The predicted molar refractivity (Wildman–Crippen MR) is 121 cm³/mol. The fourth-order valence-corrected chi connectivity index (χ4v) is 4.00. The Kier molecular flexibility index (Phi) is 7.90. The van der Waals surface area contributed by atoms with E-state index in [1.54, 1.807) is 6.07 Å². The van der Waals surface area contributed by atoms with Gasteiger partial charge in [0.2, 0.25) is 5.91 Å². The highest BCUT2D eigenvalue weighted by atomic mass is 79.9. The van der Waals surface area contributed by atoms with Crippen molar-refractivity contribution >= 4 is 44.5 Å². The van der Waals surface area contributed by atoms with Gasteiger partial charge in [0.15, 0.2) is 6.61 Å². The Balaban J connectivity index is 1.62. The highest BCUT2D eigenvalue weighted by Crippen LogP contribution is 2.33. The van der Waals surface area contributed by atoms with E-state index in [9.17, 15) is 14.4 Å². The lowest BCUT2D eigenvalue weighted by atomic mass is 10.1. The minimum Gasteiger partial charge on any atom is -0.483 e. The average molecular weight is 491 g/mol. The molecule has 1 fully saturated rings. The number of esters is 1. The van der Waals surface area contributed by atoms with E-state index in [4.69, 9.17) is 9.47 Å². The molecular weight excluding hydrogens is 464 g/mol. The summed E-state index contributed by atoms with van der Waals surface area (Å²) in [6.45, 7) is 4.80. The number of nitrogens with one attached hydrogen (secondary N) is 1. The molecule has 2 aromatic rings. The minimum absolute atomic E-state index is 0.171. The molecule has 2 amide bonds. The van der Waals surface area contributed by atoms with Crippen LogP contribution in [0.4, 0.5) is 0 Å². The summed E-state index contributed by atoms with van der Waals surface area (Å²) in [5.41, 5.74) is 0. The van der Waals surface area contributed by atoms with Crippen molar-refractivity contribution in [2.24, 2.45) is 5.92 Å². The van der Waals surface area contributed by atoms with E-state index in [-0.39, 0.29) is 24.8 Å². The van der Waals surface area contributed by atoms with Crippen LogP contribution in [-0.4, -0.2) is 55.0 Å². The third kappa shape index (κ3) is 5.97. The molecule has 0 radical (unpaired) electrons. The Morgan fingerprint density at radius 2 is 2.00 bits per heavy atom. The third-order valence-electron chi connectivity index (χ3n) is 5.15. The van der Waals surface area contributed by atoms with Crippen LogP contribution in [0.3, 0.4) is 0 Å². The molecule has 31 heavy (non-hydrogen) atoms. The number of halogens is 1. The first kappa shape index (κ1) is 23.1. The van der Waals surface area contributed by atoms with Crippen LogP contribution in [0, 0.1) is 5.92 Å². The summed E-state index contributed by atoms with van der Waals surface area (Å²) in [6, 6.07) is 10.7. The van der Waals surface area contributed by atoms with Crippen LogP contribution in [0.15, 0.2) is 40.9 Å². The lowest BCUT2D eigenvalue weighted by Gasteiger charge is -2.34. The predicted octanol–water partition coefficient (Wildman–Crippen LogP) is 3.29. The van der Waals surface area contributed by atoms with Gasteiger partial charge in [0, 0.05) is 13.1 Å². The molecular formula is C23H27BrN2O5. The Bertz CT molecular complexity index is 962. The van der Waals surface area contributed by atoms with E-state index < -0.39 is 12.0 Å². The zero-order valence-corrected chi connectivity index (χ0v) is 19.3. The van der Waals surface area contributed by atoms with E-state index in [0.29, 0.717) is 31.4 Å². The summed E-state index contributed by atoms with van der Waals surface area (Å²) in [5, 5.41) is 4.74. The summed E-state index contributed by atoms with van der Waals surface area (Å²) < 4.78 is 11.7. The molecule has 7 nitrogen and oxygen atoms in total. The van der Waals surface area contributed by atoms with Crippen LogP contribution in [0.25, 0.3) is 10.8 Å². The van der Waals surface area contributed by atoms with Gasteiger partial charge in [0.05, 0.1) is 17.5 Å². The molecule has 0 bridgehead atoms. The van der Waals surface area contributed by atoms with Crippen LogP contribution >= 0.6 is 15.9 Å². The van der Waals surface area contributed by atoms with E-state index in [2.05, 4.69) is 21.2 Å². The maximum atomic E-state index is 12.8. The topological polar surface area (TPSA) is 84.9 Å². The molecule has 1 aliphatic heterocycles. The minimum atomic E-state index is -0.892. The van der Waals surface area contributed by atoms with Crippen molar-refractivity contribution in [2.45, 2.75) is 32.7 Å². The summed E-state index contributed by atoms with van der Waals surface area (Å²) in [5.74, 6) is -0.241. The molecule has 0 saturated carbocycles. The van der Waals surface area contributed by atoms with Crippen molar-refractivity contribution in [1.29, 1.82) is 0 Å². The molecule has 1 heterocycles. The van der Waals surface area contributed by atoms with Gasteiger partial charge in [-0.15, -0.1) is 0 Å². The second-order valence-corrected chi connectivity index (χ2v) is 8.68. The highest BCUT2D eigenvalue weighted by Gasteiger charge is 2.35. The molecule has 8 heteroatoms. The van der Waals surface area contributed by atoms with Gasteiger partial charge in [-0.05, 0) is 45.1 Å². The van der Waals surface area contributed by atoms with Gasteiger partial charge in [0.1, 0.15) is 11.8 Å². The Labute approximate surface area is 190 Å². The van der Waals surface area contributed by atoms with Gasteiger partial charge in [-0.3, -0.25) is 14.4 Å². The van der Waals surface area contributed by atoms with Crippen LogP contribution in [0.2, 0.25) is 0 Å². The zero-order chi connectivity index (χ0) is 22.4. The first-order valence-electron chi connectivity index (χ1n) is 10.4. The van der Waals surface area contributed by atoms with E-state index in [0.717, 1.165) is 21.7 Å². The molecule has 0 aromatic heterocycles. The van der Waals surface area contributed by atoms with Gasteiger partial charge in [0.25, 0.3) is 5.91 Å². The summed E-state index contributed by atoms with van der Waals surface area (Å²) in [7, 11) is 0. The molecule has 2 aromatic carbocycles. The number of benzene rings is 2. The van der Waals surface area contributed by atoms with Crippen molar-refractivity contribution in [3.05, 3.63) is 40.9 Å². The lowest BCUT2D eigenvalue weighted by molar-refractivity contribution is -0.152. The van der Waals surface area contributed by atoms with Crippen molar-refractivity contribution in [2.75, 3.05) is 26.3 Å². The number of piperazine rings is 1. The van der Waals surface area contributed by atoms with Crippen molar-refractivity contribution in [3.63, 3.8) is 0 Å². The van der Waals surface area contributed by atoms with Gasteiger partial charge in [-0.2, -0.15) is 0 Å². The van der Waals surface area contributed by atoms with Crippen LogP contribution < -0.4 is 10.1 Å². The normalized spacial score (nSPS) is 16.3. The number of carbonyl (C=O) groups excluding carboxylic acids is 3. The summed E-state index contributed by atoms with van der Waals surface area (Å²) in [4.78, 5) is 38.8. The van der Waals surface area contributed by atoms with Gasteiger partial charge >= 0.3 is 5.97 Å². The molecule has 3 rings (SSSR count). The van der Waals surface area contributed by atoms with Gasteiger partial charge in [-0.1, -0.05) is 44.2 Å². The molecule has 1 N–H and O–H groups in total. The number of hydrogen-bond acceptors (Lipinski definition) is 5. The SMILES string of the molecule is CC(C)CCOC(=O)CC1C(=O)NCCN1C(=O)COc1ccc2ccccc2c1Br. The van der Waals surface area contributed by atoms with E-state index in [1.807, 2.05) is 44.2 Å². The largest absolute Gasteiger partial charge is 0.483 e. The number of rotatable bonds is 8. The molecule has 1 aliphatic rings. The number of amides is 2. The maximum Gasteiger partial charge on any atom is 0.308 e. The fraction of sp³-hybridized carbons (Fsp3) is 0.435. The number of fused-ring (bicyclic) bond motifs is 1. The number of ether oxygens (including phenoxy) is 2. The Morgan fingerprint density at radius 1 is 1.23 bits per heavy atom. The van der Waals surface area contributed by atoms with Crippen molar-refractivity contribution in [3.8, 4) is 5.75 Å². The molecule has 0 aliphatic carbocycles. The quantitative estimate of drug-likeness (QED) is 0.573. The number of hydrogen-bond donors (Lipinski definition) is 1. The maximum absolute atomic E-state index is 12.8. The first-order chi connectivity index (χ1) is 14.9. The molecule has 1 saturated heterocycles.